The molecule has 2 heterocycles. The zero-order valence-corrected chi connectivity index (χ0v) is 9.19. The zero-order chi connectivity index (χ0) is 11.4. The predicted octanol–water partition coefficient (Wildman–Crippen LogP) is 0.931. The number of nitrogens with zero attached hydrogens (tertiary/aromatic N) is 2. The Hall–Kier alpha value is -1.26. The summed E-state index contributed by atoms with van der Waals surface area (Å²) in [7, 11) is 0. The van der Waals surface area contributed by atoms with E-state index in [1.807, 2.05) is 6.07 Å². The lowest BCUT2D eigenvalue weighted by Gasteiger charge is -2.26. The van der Waals surface area contributed by atoms with Gasteiger partial charge < -0.3 is 4.74 Å². The summed E-state index contributed by atoms with van der Waals surface area (Å²) < 4.78 is 5.27. The van der Waals surface area contributed by atoms with Gasteiger partial charge in [0.2, 0.25) is 0 Å². The lowest BCUT2D eigenvalue weighted by atomic mass is 10.1. The topological polar surface area (TPSA) is 42.4 Å². The van der Waals surface area contributed by atoms with Gasteiger partial charge in [-0.25, -0.2) is 0 Å². The second-order valence-corrected chi connectivity index (χ2v) is 3.85. The van der Waals surface area contributed by atoms with Crippen LogP contribution in [0.5, 0.6) is 0 Å². The standard InChI is InChI=1S/C12H15N2O2/c1-10(15)11-2-3-13-12(8-11)9-14-4-6-16-7-5-14/h2-3,8H,1,4-7,9H2. The van der Waals surface area contributed by atoms with Crippen LogP contribution in [0, 0.1) is 6.92 Å². The number of Topliss-reactive ketones (excluding diaryl/α,β-unsaturated/α-hetero) is 1. The van der Waals surface area contributed by atoms with Crippen molar-refractivity contribution in [1.82, 2.24) is 9.88 Å². The van der Waals surface area contributed by atoms with Crippen LogP contribution >= 0.6 is 0 Å². The second-order valence-electron chi connectivity index (χ2n) is 3.85. The van der Waals surface area contributed by atoms with Gasteiger partial charge in [0.25, 0.3) is 0 Å². The molecular weight excluding hydrogens is 204 g/mol. The summed E-state index contributed by atoms with van der Waals surface area (Å²) in [6, 6.07) is 3.50. The molecule has 1 aliphatic rings. The Labute approximate surface area is 95.2 Å². The van der Waals surface area contributed by atoms with Gasteiger partial charge in [0.15, 0.2) is 5.78 Å². The summed E-state index contributed by atoms with van der Waals surface area (Å²) in [5.41, 5.74) is 1.54. The highest BCUT2D eigenvalue weighted by Gasteiger charge is 2.11. The van der Waals surface area contributed by atoms with Gasteiger partial charge in [-0.05, 0) is 12.1 Å². The lowest BCUT2D eigenvalue weighted by Crippen LogP contribution is -2.35. The monoisotopic (exact) mass is 219 g/mol. The number of pyridine rings is 1. The summed E-state index contributed by atoms with van der Waals surface area (Å²) in [5.74, 6) is -0.161. The third kappa shape index (κ3) is 2.87. The number of ether oxygens (including phenoxy) is 1. The van der Waals surface area contributed by atoms with Crippen molar-refractivity contribution in [3.8, 4) is 0 Å². The average molecular weight is 219 g/mol. The molecule has 1 aliphatic heterocycles. The number of ketones is 1. The molecule has 16 heavy (non-hydrogen) atoms. The molecule has 0 amide bonds. The van der Waals surface area contributed by atoms with Crippen LogP contribution in [0.1, 0.15) is 16.1 Å². The van der Waals surface area contributed by atoms with Gasteiger partial charge in [-0.3, -0.25) is 14.7 Å². The van der Waals surface area contributed by atoms with Crippen LogP contribution in [0.3, 0.4) is 0 Å². The van der Waals surface area contributed by atoms with E-state index >= 15 is 0 Å². The van der Waals surface area contributed by atoms with Crippen LogP contribution in [-0.4, -0.2) is 42.0 Å². The van der Waals surface area contributed by atoms with Crippen molar-refractivity contribution >= 4 is 5.78 Å². The highest BCUT2D eigenvalue weighted by Crippen LogP contribution is 2.07. The summed E-state index contributed by atoms with van der Waals surface area (Å²) in [4.78, 5) is 17.6. The normalized spacial score (nSPS) is 17.3. The molecule has 0 N–H and O–H groups in total. The second kappa shape index (κ2) is 5.18. The molecule has 0 saturated carbocycles. The van der Waals surface area contributed by atoms with E-state index in [0.717, 1.165) is 38.5 Å². The van der Waals surface area contributed by atoms with Gasteiger partial charge >= 0.3 is 0 Å². The Morgan fingerprint density at radius 1 is 1.50 bits per heavy atom. The van der Waals surface area contributed by atoms with Crippen LogP contribution < -0.4 is 0 Å². The molecule has 0 spiro atoms. The maximum absolute atomic E-state index is 11.1. The first-order chi connectivity index (χ1) is 7.75. The quantitative estimate of drug-likeness (QED) is 0.709. The minimum atomic E-state index is -0.161. The Kier molecular flexibility index (Phi) is 3.64. The minimum Gasteiger partial charge on any atom is -0.379 e. The number of carbonyl (C=O) groups is 1. The molecule has 4 heteroatoms. The van der Waals surface area contributed by atoms with Gasteiger partial charge in [-0.15, -0.1) is 0 Å². The van der Waals surface area contributed by atoms with E-state index in [-0.39, 0.29) is 5.78 Å². The third-order valence-corrected chi connectivity index (χ3v) is 2.63. The first kappa shape index (κ1) is 11.2. The van der Waals surface area contributed by atoms with Crippen molar-refractivity contribution in [1.29, 1.82) is 0 Å². The van der Waals surface area contributed by atoms with E-state index < -0.39 is 0 Å². The first-order valence-electron chi connectivity index (χ1n) is 5.37. The van der Waals surface area contributed by atoms with Gasteiger partial charge in [0.1, 0.15) is 0 Å². The molecular formula is C12H15N2O2. The van der Waals surface area contributed by atoms with Crippen LogP contribution in [-0.2, 0) is 11.3 Å². The average Bonchev–Trinajstić information content (AvgIpc) is 2.30. The van der Waals surface area contributed by atoms with Crippen molar-refractivity contribution < 1.29 is 9.53 Å². The zero-order valence-electron chi connectivity index (χ0n) is 9.19. The number of morpholine rings is 1. The van der Waals surface area contributed by atoms with Crippen LogP contribution in [0.4, 0.5) is 0 Å². The van der Waals surface area contributed by atoms with Crippen LogP contribution in [0.15, 0.2) is 18.3 Å². The maximum atomic E-state index is 11.1. The minimum absolute atomic E-state index is 0.161. The van der Waals surface area contributed by atoms with Crippen molar-refractivity contribution in [2.24, 2.45) is 0 Å². The third-order valence-electron chi connectivity index (χ3n) is 2.63. The Balaban J connectivity index is 2.02. The number of aromatic nitrogens is 1. The molecule has 0 bridgehead atoms. The summed E-state index contributed by atoms with van der Waals surface area (Å²) in [6.07, 6.45) is 1.66. The van der Waals surface area contributed by atoms with Gasteiger partial charge in [0.05, 0.1) is 18.9 Å². The molecule has 1 aromatic heterocycles. The Bertz CT molecular complexity index is 373. The van der Waals surface area contributed by atoms with E-state index in [2.05, 4.69) is 16.8 Å². The molecule has 1 saturated heterocycles. The molecule has 1 radical (unpaired) electrons. The molecule has 2 rings (SSSR count). The fraction of sp³-hybridized carbons (Fsp3) is 0.417. The molecule has 85 valence electrons. The Morgan fingerprint density at radius 3 is 2.94 bits per heavy atom. The predicted molar refractivity (Wildman–Crippen MR) is 60.0 cm³/mol. The highest BCUT2D eigenvalue weighted by atomic mass is 16.5. The molecule has 0 aromatic carbocycles. The molecule has 0 unspecified atom stereocenters. The fourth-order valence-corrected chi connectivity index (χ4v) is 1.73. The van der Waals surface area contributed by atoms with E-state index in [1.165, 1.54) is 0 Å². The number of rotatable bonds is 3. The highest BCUT2D eigenvalue weighted by molar-refractivity contribution is 5.99. The first-order valence-corrected chi connectivity index (χ1v) is 5.37. The van der Waals surface area contributed by atoms with E-state index in [9.17, 15) is 4.79 Å². The SMILES string of the molecule is [CH2]C(=O)c1ccnc(CN2CCOCC2)c1. The van der Waals surface area contributed by atoms with Crippen LogP contribution in [0.2, 0.25) is 0 Å². The smallest absolute Gasteiger partial charge is 0.163 e. The molecule has 0 atom stereocenters. The molecule has 0 aliphatic carbocycles. The van der Waals surface area contributed by atoms with Gasteiger partial charge in [-0.1, -0.05) is 0 Å². The largest absolute Gasteiger partial charge is 0.379 e. The summed E-state index contributed by atoms with van der Waals surface area (Å²) in [5, 5.41) is 0. The van der Waals surface area contributed by atoms with Gasteiger partial charge in [0, 0.05) is 38.3 Å². The van der Waals surface area contributed by atoms with Crippen molar-refractivity contribution in [2.45, 2.75) is 6.54 Å². The molecule has 1 fully saturated rings. The number of hydrogen-bond acceptors (Lipinski definition) is 4. The molecule has 1 aromatic rings. The van der Waals surface area contributed by atoms with Crippen molar-refractivity contribution in [2.75, 3.05) is 26.3 Å². The van der Waals surface area contributed by atoms with Crippen molar-refractivity contribution in [3.63, 3.8) is 0 Å². The van der Waals surface area contributed by atoms with Crippen molar-refractivity contribution in [3.05, 3.63) is 36.5 Å². The Morgan fingerprint density at radius 2 is 2.25 bits per heavy atom. The maximum Gasteiger partial charge on any atom is 0.163 e. The summed E-state index contributed by atoms with van der Waals surface area (Å²) >= 11 is 0. The van der Waals surface area contributed by atoms with Gasteiger partial charge in [-0.2, -0.15) is 0 Å². The lowest BCUT2D eigenvalue weighted by molar-refractivity contribution is 0.0336. The molecule has 4 nitrogen and oxygen atoms in total. The number of hydrogen-bond donors (Lipinski definition) is 0. The van der Waals surface area contributed by atoms with Crippen LogP contribution in [0.25, 0.3) is 0 Å². The summed E-state index contributed by atoms with van der Waals surface area (Å²) in [6.45, 7) is 7.55. The van der Waals surface area contributed by atoms with E-state index in [0.29, 0.717) is 5.56 Å². The van der Waals surface area contributed by atoms with E-state index in [1.54, 1.807) is 12.3 Å². The van der Waals surface area contributed by atoms with E-state index in [4.69, 9.17) is 4.74 Å². The number of carbonyl (C=O) groups excluding carboxylic acids is 1. The fourth-order valence-electron chi connectivity index (χ4n) is 1.73.